The van der Waals surface area contributed by atoms with Crippen molar-refractivity contribution < 1.29 is 9.53 Å². The van der Waals surface area contributed by atoms with Gasteiger partial charge in [0.05, 0.1) is 13.2 Å². The van der Waals surface area contributed by atoms with Crippen LogP contribution in [0.5, 0.6) is 5.75 Å². The van der Waals surface area contributed by atoms with Gasteiger partial charge in [-0.3, -0.25) is 4.79 Å². The number of carbonyl (C=O) groups excluding carboxylic acids is 1. The Morgan fingerprint density at radius 3 is 2.57 bits per heavy atom. The fourth-order valence-corrected chi connectivity index (χ4v) is 2.61. The molecule has 0 bridgehead atoms. The van der Waals surface area contributed by atoms with Crippen LogP contribution in [0.2, 0.25) is 0 Å². The number of ether oxygens (including phenoxy) is 1. The molecule has 0 aliphatic rings. The topological polar surface area (TPSA) is 56.2 Å². The van der Waals surface area contributed by atoms with Crippen molar-refractivity contribution in [2.75, 3.05) is 7.11 Å². The number of benzene rings is 1. The minimum absolute atomic E-state index is 0.000530. The zero-order chi connectivity index (χ0) is 16.8. The van der Waals surface area contributed by atoms with Gasteiger partial charge in [-0.1, -0.05) is 32.9 Å². The zero-order valence-corrected chi connectivity index (χ0v) is 14.2. The summed E-state index contributed by atoms with van der Waals surface area (Å²) >= 11 is 0. The summed E-state index contributed by atoms with van der Waals surface area (Å²) in [7, 11) is 1.64. The van der Waals surface area contributed by atoms with Crippen molar-refractivity contribution in [3.05, 3.63) is 48.0 Å². The Hall–Kier alpha value is -2.30. The van der Waals surface area contributed by atoms with Gasteiger partial charge in [0.15, 0.2) is 0 Å². The maximum atomic E-state index is 12.4. The number of aromatic nitrogens is 2. The Kier molecular flexibility index (Phi) is 5.79. The second-order valence-electron chi connectivity index (χ2n) is 5.87. The SMILES string of the molecule is CCC(NC(=O)Cn1ccnc1C(C)C)c1ccc(OC)cc1. The van der Waals surface area contributed by atoms with Crippen LogP contribution in [-0.2, 0) is 11.3 Å². The van der Waals surface area contributed by atoms with Crippen molar-refractivity contribution in [3.8, 4) is 5.75 Å². The van der Waals surface area contributed by atoms with Crippen LogP contribution in [0.25, 0.3) is 0 Å². The van der Waals surface area contributed by atoms with Crippen molar-refractivity contribution in [1.29, 1.82) is 0 Å². The Morgan fingerprint density at radius 2 is 2.00 bits per heavy atom. The average molecular weight is 315 g/mol. The molecular weight excluding hydrogens is 290 g/mol. The van der Waals surface area contributed by atoms with E-state index in [2.05, 4.69) is 31.1 Å². The van der Waals surface area contributed by atoms with E-state index in [1.54, 1.807) is 13.3 Å². The first-order valence-corrected chi connectivity index (χ1v) is 7.99. The summed E-state index contributed by atoms with van der Waals surface area (Å²) in [5.74, 6) is 2.03. The van der Waals surface area contributed by atoms with E-state index in [4.69, 9.17) is 4.74 Å². The molecule has 0 saturated heterocycles. The van der Waals surface area contributed by atoms with Crippen LogP contribution < -0.4 is 10.1 Å². The normalized spacial score (nSPS) is 12.2. The van der Waals surface area contributed by atoms with E-state index in [0.29, 0.717) is 12.5 Å². The third kappa shape index (κ3) is 4.34. The van der Waals surface area contributed by atoms with Gasteiger partial charge in [-0.25, -0.2) is 4.98 Å². The first-order chi connectivity index (χ1) is 11.0. The fraction of sp³-hybridized carbons (Fsp3) is 0.444. The number of rotatable bonds is 7. The van der Waals surface area contributed by atoms with E-state index >= 15 is 0 Å². The second-order valence-corrected chi connectivity index (χ2v) is 5.87. The highest BCUT2D eigenvalue weighted by molar-refractivity contribution is 5.76. The molecule has 23 heavy (non-hydrogen) atoms. The molecule has 1 N–H and O–H groups in total. The predicted octanol–water partition coefficient (Wildman–Crippen LogP) is 3.28. The van der Waals surface area contributed by atoms with Crippen LogP contribution in [-0.4, -0.2) is 22.6 Å². The number of nitrogens with zero attached hydrogens (tertiary/aromatic N) is 2. The van der Waals surface area contributed by atoms with Gasteiger partial charge < -0.3 is 14.6 Å². The van der Waals surface area contributed by atoms with E-state index in [1.807, 2.05) is 35.0 Å². The van der Waals surface area contributed by atoms with E-state index in [1.165, 1.54) is 0 Å². The van der Waals surface area contributed by atoms with Crippen LogP contribution in [0.4, 0.5) is 0 Å². The summed E-state index contributed by atoms with van der Waals surface area (Å²) in [6.45, 7) is 6.50. The van der Waals surface area contributed by atoms with E-state index in [0.717, 1.165) is 23.6 Å². The van der Waals surface area contributed by atoms with Gasteiger partial charge in [0.1, 0.15) is 18.1 Å². The Balaban J connectivity index is 2.03. The third-order valence-electron chi connectivity index (χ3n) is 3.84. The number of methoxy groups -OCH3 is 1. The van der Waals surface area contributed by atoms with Crippen molar-refractivity contribution in [3.63, 3.8) is 0 Å². The van der Waals surface area contributed by atoms with Gasteiger partial charge in [-0.2, -0.15) is 0 Å². The number of hydrogen-bond donors (Lipinski definition) is 1. The lowest BCUT2D eigenvalue weighted by Gasteiger charge is -2.19. The molecule has 0 aliphatic carbocycles. The molecule has 2 aromatic rings. The molecule has 0 spiro atoms. The lowest BCUT2D eigenvalue weighted by molar-refractivity contribution is -0.122. The Labute approximate surface area is 137 Å². The molecular formula is C18H25N3O2. The first-order valence-electron chi connectivity index (χ1n) is 7.99. The third-order valence-corrected chi connectivity index (χ3v) is 3.84. The second kappa shape index (κ2) is 7.81. The number of imidazole rings is 1. The number of amides is 1. The minimum Gasteiger partial charge on any atom is -0.497 e. The van der Waals surface area contributed by atoms with Gasteiger partial charge >= 0.3 is 0 Å². The molecule has 1 heterocycles. The number of nitrogens with one attached hydrogen (secondary N) is 1. The van der Waals surface area contributed by atoms with Crippen molar-refractivity contribution in [2.24, 2.45) is 0 Å². The molecule has 5 heteroatoms. The Morgan fingerprint density at radius 1 is 1.30 bits per heavy atom. The summed E-state index contributed by atoms with van der Waals surface area (Å²) in [6.07, 6.45) is 4.42. The summed E-state index contributed by atoms with van der Waals surface area (Å²) in [5.41, 5.74) is 1.08. The maximum absolute atomic E-state index is 12.4. The molecule has 1 aromatic heterocycles. The van der Waals surface area contributed by atoms with E-state index in [9.17, 15) is 4.79 Å². The summed E-state index contributed by atoms with van der Waals surface area (Å²) in [6, 6.07) is 7.81. The van der Waals surface area contributed by atoms with Crippen LogP contribution in [0.1, 0.15) is 50.5 Å². The number of carbonyl (C=O) groups is 1. The summed E-state index contributed by atoms with van der Waals surface area (Å²) in [4.78, 5) is 16.7. The molecule has 0 radical (unpaired) electrons. The first kappa shape index (κ1) is 17.1. The summed E-state index contributed by atoms with van der Waals surface area (Å²) < 4.78 is 7.08. The van der Waals surface area contributed by atoms with Gasteiger partial charge in [-0.15, -0.1) is 0 Å². The molecule has 0 aliphatic heterocycles. The monoisotopic (exact) mass is 315 g/mol. The predicted molar refractivity (Wildman–Crippen MR) is 90.5 cm³/mol. The van der Waals surface area contributed by atoms with Crippen molar-refractivity contribution in [1.82, 2.24) is 14.9 Å². The molecule has 1 atom stereocenters. The smallest absolute Gasteiger partial charge is 0.240 e. The lowest BCUT2D eigenvalue weighted by atomic mass is 10.0. The van der Waals surface area contributed by atoms with Crippen molar-refractivity contribution in [2.45, 2.75) is 45.7 Å². The maximum Gasteiger partial charge on any atom is 0.240 e. The van der Waals surface area contributed by atoms with E-state index in [-0.39, 0.29) is 11.9 Å². The van der Waals surface area contributed by atoms with E-state index < -0.39 is 0 Å². The largest absolute Gasteiger partial charge is 0.497 e. The highest BCUT2D eigenvalue weighted by Gasteiger charge is 2.15. The minimum atomic E-state index is -0.00688. The van der Waals surface area contributed by atoms with Gasteiger partial charge in [0, 0.05) is 18.3 Å². The van der Waals surface area contributed by atoms with Crippen LogP contribution >= 0.6 is 0 Å². The van der Waals surface area contributed by atoms with Crippen molar-refractivity contribution >= 4 is 5.91 Å². The quantitative estimate of drug-likeness (QED) is 0.853. The molecule has 0 fully saturated rings. The molecule has 1 unspecified atom stereocenters. The highest BCUT2D eigenvalue weighted by Crippen LogP contribution is 2.20. The molecule has 1 amide bonds. The molecule has 0 saturated carbocycles. The van der Waals surface area contributed by atoms with Gasteiger partial charge in [-0.05, 0) is 24.1 Å². The average Bonchev–Trinajstić information content (AvgIpc) is 3.01. The molecule has 124 valence electrons. The standard InChI is InChI=1S/C18H25N3O2/c1-5-16(14-6-8-15(23-4)9-7-14)20-17(22)12-21-11-10-19-18(21)13(2)3/h6-11,13,16H,5,12H2,1-4H3,(H,20,22). The van der Waals surface area contributed by atoms with Crippen LogP contribution in [0.15, 0.2) is 36.7 Å². The summed E-state index contributed by atoms with van der Waals surface area (Å²) in [5, 5.41) is 3.10. The zero-order valence-electron chi connectivity index (χ0n) is 14.2. The molecule has 2 rings (SSSR count). The molecule has 1 aromatic carbocycles. The highest BCUT2D eigenvalue weighted by atomic mass is 16.5. The fourth-order valence-electron chi connectivity index (χ4n) is 2.61. The number of hydrogen-bond acceptors (Lipinski definition) is 3. The van der Waals surface area contributed by atoms with Crippen LogP contribution in [0, 0.1) is 0 Å². The Bertz CT molecular complexity index is 632. The lowest BCUT2D eigenvalue weighted by Crippen LogP contribution is -2.31. The van der Waals surface area contributed by atoms with Gasteiger partial charge in [0.25, 0.3) is 0 Å². The van der Waals surface area contributed by atoms with Crippen LogP contribution in [0.3, 0.4) is 0 Å². The molecule has 5 nitrogen and oxygen atoms in total. The van der Waals surface area contributed by atoms with Gasteiger partial charge in [0.2, 0.25) is 5.91 Å².